The van der Waals surface area contributed by atoms with Crippen LogP contribution in [0.5, 0.6) is 0 Å². The first-order valence-corrected chi connectivity index (χ1v) is 5.63. The van der Waals surface area contributed by atoms with E-state index in [1.165, 1.54) is 6.33 Å². The van der Waals surface area contributed by atoms with Gasteiger partial charge < -0.3 is 9.84 Å². The number of hydrogen-bond acceptors (Lipinski definition) is 6. The molecule has 0 aliphatic rings. The van der Waals surface area contributed by atoms with Crippen molar-refractivity contribution < 1.29 is 4.52 Å². The van der Waals surface area contributed by atoms with Gasteiger partial charge in [0.15, 0.2) is 12.1 Å². The second-order valence-electron chi connectivity index (χ2n) is 3.90. The fraction of sp³-hybridized carbons (Fsp3) is 0.273. The normalized spacial score (nSPS) is 10.9. The predicted octanol–water partition coefficient (Wildman–Crippen LogP) is 1.08. The molecule has 92 valence electrons. The fourth-order valence-electron chi connectivity index (χ4n) is 1.77. The molecular formula is C11H12N6O. The molecule has 7 heteroatoms. The van der Waals surface area contributed by atoms with Crippen molar-refractivity contribution in [2.24, 2.45) is 0 Å². The maximum absolute atomic E-state index is 4.92. The van der Waals surface area contributed by atoms with Crippen molar-refractivity contribution in [1.82, 2.24) is 24.7 Å². The highest BCUT2D eigenvalue weighted by atomic mass is 16.5. The molecule has 7 nitrogen and oxygen atoms in total. The lowest BCUT2D eigenvalue weighted by Gasteiger charge is -2.04. The molecule has 0 radical (unpaired) electrons. The van der Waals surface area contributed by atoms with Gasteiger partial charge in [-0.25, -0.2) is 9.50 Å². The molecule has 0 amide bonds. The lowest BCUT2D eigenvalue weighted by molar-refractivity contribution is 0.379. The smallest absolute Gasteiger partial charge is 0.228 e. The zero-order valence-corrected chi connectivity index (χ0v) is 9.87. The van der Waals surface area contributed by atoms with Gasteiger partial charge in [0.1, 0.15) is 5.52 Å². The average molecular weight is 244 g/mol. The maximum Gasteiger partial charge on any atom is 0.228 e. The van der Waals surface area contributed by atoms with Crippen LogP contribution >= 0.6 is 0 Å². The summed E-state index contributed by atoms with van der Waals surface area (Å²) in [6.07, 6.45) is 5.60. The second-order valence-corrected chi connectivity index (χ2v) is 3.90. The second kappa shape index (κ2) is 4.44. The molecular weight excluding hydrogens is 232 g/mol. The lowest BCUT2D eigenvalue weighted by atomic mass is 10.4. The molecule has 0 aliphatic carbocycles. The van der Waals surface area contributed by atoms with Gasteiger partial charge in [-0.3, -0.25) is 0 Å². The standard InChI is InChI=1S/C11H12N6O/c1-8-6-9-11(13-4-5-17(9)16-8)12-3-2-10-14-7-15-18-10/h4-7H,2-3H2,1H3,(H,12,13). The van der Waals surface area contributed by atoms with Gasteiger partial charge in [-0.1, -0.05) is 5.16 Å². The van der Waals surface area contributed by atoms with Crippen LogP contribution in [-0.2, 0) is 6.42 Å². The van der Waals surface area contributed by atoms with Crippen LogP contribution in [0.2, 0.25) is 0 Å². The molecule has 0 atom stereocenters. The van der Waals surface area contributed by atoms with Gasteiger partial charge in [0.25, 0.3) is 0 Å². The monoisotopic (exact) mass is 244 g/mol. The zero-order chi connectivity index (χ0) is 12.4. The molecule has 0 saturated heterocycles. The summed E-state index contributed by atoms with van der Waals surface area (Å²) in [5.74, 6) is 1.41. The van der Waals surface area contributed by atoms with Crippen LogP contribution in [0.3, 0.4) is 0 Å². The number of fused-ring (bicyclic) bond motifs is 1. The van der Waals surface area contributed by atoms with Crippen molar-refractivity contribution >= 4 is 11.3 Å². The zero-order valence-electron chi connectivity index (χ0n) is 9.87. The molecule has 0 aromatic carbocycles. The minimum Gasteiger partial charge on any atom is -0.368 e. The van der Waals surface area contributed by atoms with Gasteiger partial charge in [0.05, 0.1) is 5.69 Å². The van der Waals surface area contributed by atoms with E-state index < -0.39 is 0 Å². The highest BCUT2D eigenvalue weighted by Crippen LogP contribution is 2.14. The maximum atomic E-state index is 4.92. The molecule has 3 rings (SSSR count). The highest BCUT2D eigenvalue weighted by Gasteiger charge is 2.05. The van der Waals surface area contributed by atoms with Crippen LogP contribution in [0.4, 0.5) is 5.82 Å². The molecule has 0 aliphatic heterocycles. The van der Waals surface area contributed by atoms with Crippen LogP contribution in [0.1, 0.15) is 11.6 Å². The van der Waals surface area contributed by atoms with E-state index in [0.717, 1.165) is 17.0 Å². The van der Waals surface area contributed by atoms with Crippen molar-refractivity contribution in [3.63, 3.8) is 0 Å². The van der Waals surface area contributed by atoms with Crippen molar-refractivity contribution in [3.05, 3.63) is 36.4 Å². The topological polar surface area (TPSA) is 81.1 Å². The number of nitrogens with zero attached hydrogens (tertiary/aromatic N) is 5. The van der Waals surface area contributed by atoms with E-state index in [4.69, 9.17) is 4.52 Å². The van der Waals surface area contributed by atoms with E-state index in [0.29, 0.717) is 18.9 Å². The van der Waals surface area contributed by atoms with Gasteiger partial charge in [0.2, 0.25) is 5.89 Å². The Balaban J connectivity index is 1.74. The van der Waals surface area contributed by atoms with Crippen molar-refractivity contribution in [2.75, 3.05) is 11.9 Å². The molecule has 0 bridgehead atoms. The SMILES string of the molecule is Cc1cc2c(NCCc3ncno3)nccn2n1. The Bertz CT molecular complexity index is 645. The lowest BCUT2D eigenvalue weighted by Crippen LogP contribution is -2.07. The minimum atomic E-state index is 0.610. The van der Waals surface area contributed by atoms with Crippen LogP contribution < -0.4 is 5.32 Å². The Morgan fingerprint density at radius 1 is 1.39 bits per heavy atom. The van der Waals surface area contributed by atoms with Gasteiger partial charge in [0, 0.05) is 25.4 Å². The average Bonchev–Trinajstić information content (AvgIpc) is 2.97. The Hall–Kier alpha value is -2.44. The number of aromatic nitrogens is 5. The number of rotatable bonds is 4. The van der Waals surface area contributed by atoms with Crippen molar-refractivity contribution in [2.45, 2.75) is 13.3 Å². The number of anilines is 1. The summed E-state index contributed by atoms with van der Waals surface area (Å²) in [7, 11) is 0. The van der Waals surface area contributed by atoms with Crippen LogP contribution in [0, 0.1) is 6.92 Å². The summed E-state index contributed by atoms with van der Waals surface area (Å²) in [5.41, 5.74) is 1.92. The van der Waals surface area contributed by atoms with Crippen LogP contribution in [-0.4, -0.2) is 31.3 Å². The van der Waals surface area contributed by atoms with E-state index in [1.54, 1.807) is 10.7 Å². The first-order chi connectivity index (χ1) is 8.83. The van der Waals surface area contributed by atoms with Crippen molar-refractivity contribution in [1.29, 1.82) is 0 Å². The first-order valence-electron chi connectivity index (χ1n) is 5.63. The summed E-state index contributed by atoms with van der Waals surface area (Å²) in [5, 5.41) is 11.1. The number of nitrogens with one attached hydrogen (secondary N) is 1. The third-order valence-corrected chi connectivity index (χ3v) is 2.55. The third-order valence-electron chi connectivity index (χ3n) is 2.55. The third kappa shape index (κ3) is 2.02. The van der Waals surface area contributed by atoms with Gasteiger partial charge in [-0.15, -0.1) is 0 Å². The summed E-state index contributed by atoms with van der Waals surface area (Å²) in [6, 6.07) is 1.99. The number of aryl methyl sites for hydroxylation is 1. The Labute approximate surface area is 103 Å². The molecule has 0 saturated carbocycles. The minimum absolute atomic E-state index is 0.610. The molecule has 1 N–H and O–H groups in total. The van der Waals surface area contributed by atoms with Gasteiger partial charge in [-0.05, 0) is 13.0 Å². The molecule has 3 aromatic rings. The molecule has 18 heavy (non-hydrogen) atoms. The Morgan fingerprint density at radius 2 is 2.33 bits per heavy atom. The van der Waals surface area contributed by atoms with E-state index in [2.05, 4.69) is 25.5 Å². The first kappa shape index (κ1) is 10.7. The molecule has 0 fully saturated rings. The largest absolute Gasteiger partial charge is 0.368 e. The van der Waals surface area contributed by atoms with Crippen LogP contribution in [0.25, 0.3) is 5.52 Å². The Kier molecular flexibility index (Phi) is 2.64. The van der Waals surface area contributed by atoms with E-state index in [-0.39, 0.29) is 0 Å². The van der Waals surface area contributed by atoms with Gasteiger partial charge in [-0.2, -0.15) is 10.1 Å². The van der Waals surface area contributed by atoms with E-state index in [1.807, 2.05) is 19.2 Å². The summed E-state index contributed by atoms with van der Waals surface area (Å²) in [6.45, 7) is 2.63. The number of hydrogen-bond donors (Lipinski definition) is 1. The van der Waals surface area contributed by atoms with Gasteiger partial charge >= 0.3 is 0 Å². The fourth-order valence-corrected chi connectivity index (χ4v) is 1.77. The summed E-state index contributed by atoms with van der Waals surface area (Å²) >= 11 is 0. The quantitative estimate of drug-likeness (QED) is 0.739. The Morgan fingerprint density at radius 3 is 3.17 bits per heavy atom. The van der Waals surface area contributed by atoms with Crippen molar-refractivity contribution in [3.8, 4) is 0 Å². The summed E-state index contributed by atoms with van der Waals surface area (Å²) < 4.78 is 6.73. The molecule has 0 spiro atoms. The van der Waals surface area contributed by atoms with E-state index in [9.17, 15) is 0 Å². The predicted molar refractivity (Wildman–Crippen MR) is 64.2 cm³/mol. The van der Waals surface area contributed by atoms with E-state index >= 15 is 0 Å². The molecule has 3 heterocycles. The molecule has 3 aromatic heterocycles. The van der Waals surface area contributed by atoms with Crippen LogP contribution in [0.15, 0.2) is 29.3 Å². The molecule has 0 unspecified atom stereocenters. The highest BCUT2D eigenvalue weighted by molar-refractivity contribution is 5.67. The summed E-state index contributed by atoms with van der Waals surface area (Å²) in [4.78, 5) is 8.26.